The lowest BCUT2D eigenvalue weighted by atomic mass is 10.0. The van der Waals surface area contributed by atoms with Crippen LogP contribution in [0.15, 0.2) is 36.5 Å². The second-order valence-corrected chi connectivity index (χ2v) is 5.60. The highest BCUT2D eigenvalue weighted by Gasteiger charge is 2.12. The van der Waals surface area contributed by atoms with Crippen LogP contribution in [0.25, 0.3) is 0 Å². The third kappa shape index (κ3) is 3.55. The summed E-state index contributed by atoms with van der Waals surface area (Å²) in [7, 11) is 1.96. The van der Waals surface area contributed by atoms with E-state index in [1.165, 1.54) is 9.13 Å². The lowest BCUT2D eigenvalue weighted by Gasteiger charge is -2.17. The van der Waals surface area contributed by atoms with Crippen LogP contribution in [0.5, 0.6) is 0 Å². The summed E-state index contributed by atoms with van der Waals surface area (Å²) in [4.78, 5) is 0. The predicted molar refractivity (Wildman–Crippen MR) is 82.5 cm³/mol. The fourth-order valence-electron chi connectivity index (χ4n) is 2.06. The van der Waals surface area contributed by atoms with E-state index < -0.39 is 0 Å². The second-order valence-electron chi connectivity index (χ2n) is 4.35. The number of nitrogens with zero attached hydrogens (tertiary/aromatic N) is 2. The molecule has 4 heteroatoms. The van der Waals surface area contributed by atoms with Crippen LogP contribution in [0.2, 0.25) is 0 Å². The van der Waals surface area contributed by atoms with Crippen LogP contribution in [0.1, 0.15) is 24.2 Å². The van der Waals surface area contributed by atoms with E-state index >= 15 is 0 Å². The number of rotatable bonds is 5. The molecule has 2 aromatic rings. The van der Waals surface area contributed by atoms with Crippen molar-refractivity contribution >= 4 is 22.6 Å². The van der Waals surface area contributed by atoms with Crippen LogP contribution in [0.4, 0.5) is 0 Å². The minimum atomic E-state index is 0.333. The molecular formula is C14H18IN3. The van der Waals surface area contributed by atoms with E-state index in [1.54, 1.807) is 0 Å². The Bertz CT molecular complexity index is 507. The Morgan fingerprint density at radius 3 is 2.83 bits per heavy atom. The van der Waals surface area contributed by atoms with Gasteiger partial charge in [-0.1, -0.05) is 19.1 Å². The maximum Gasteiger partial charge on any atom is 0.0643 e. The van der Waals surface area contributed by atoms with Crippen molar-refractivity contribution in [1.82, 2.24) is 15.1 Å². The first-order valence-corrected chi connectivity index (χ1v) is 7.24. The summed E-state index contributed by atoms with van der Waals surface area (Å²) in [5, 5.41) is 7.99. The van der Waals surface area contributed by atoms with Gasteiger partial charge in [0.25, 0.3) is 0 Å². The lowest BCUT2D eigenvalue weighted by molar-refractivity contribution is 0.539. The van der Waals surface area contributed by atoms with Crippen LogP contribution >= 0.6 is 22.6 Å². The van der Waals surface area contributed by atoms with Crippen molar-refractivity contribution in [3.05, 3.63) is 51.4 Å². The van der Waals surface area contributed by atoms with Crippen molar-refractivity contribution in [3.8, 4) is 0 Å². The molecule has 1 heterocycles. The molecule has 1 atom stereocenters. The highest BCUT2D eigenvalue weighted by atomic mass is 127. The Morgan fingerprint density at radius 2 is 2.22 bits per heavy atom. The number of hydrogen-bond donors (Lipinski definition) is 1. The average Bonchev–Trinajstić information content (AvgIpc) is 2.74. The van der Waals surface area contributed by atoms with Gasteiger partial charge in [0.05, 0.1) is 5.69 Å². The van der Waals surface area contributed by atoms with Gasteiger partial charge in [0.15, 0.2) is 0 Å². The standard InChI is InChI=1S/C14H18IN3/c1-3-16-14(10-13-7-8-18(2)17-13)11-5-4-6-12(15)9-11/h4-9,14,16H,3,10H2,1-2H3. The van der Waals surface area contributed by atoms with Crippen LogP contribution < -0.4 is 5.32 Å². The number of likely N-dealkylation sites (N-methyl/N-ethyl adjacent to an activating group) is 1. The fourth-order valence-corrected chi connectivity index (χ4v) is 2.63. The van der Waals surface area contributed by atoms with Gasteiger partial charge in [0.1, 0.15) is 0 Å². The number of aryl methyl sites for hydroxylation is 1. The summed E-state index contributed by atoms with van der Waals surface area (Å²) in [6, 6.07) is 11.1. The molecule has 1 aromatic carbocycles. The maximum atomic E-state index is 4.46. The molecule has 0 amide bonds. The zero-order chi connectivity index (χ0) is 13.0. The molecule has 0 radical (unpaired) electrons. The average molecular weight is 355 g/mol. The fraction of sp³-hybridized carbons (Fsp3) is 0.357. The Kier molecular flexibility index (Phi) is 4.77. The summed E-state index contributed by atoms with van der Waals surface area (Å²) in [6.07, 6.45) is 2.92. The summed E-state index contributed by atoms with van der Waals surface area (Å²) < 4.78 is 3.13. The first-order chi connectivity index (χ1) is 8.69. The van der Waals surface area contributed by atoms with Crippen LogP contribution in [-0.4, -0.2) is 16.3 Å². The Morgan fingerprint density at radius 1 is 1.39 bits per heavy atom. The predicted octanol–water partition coefficient (Wildman–Crippen LogP) is 2.92. The number of nitrogens with one attached hydrogen (secondary N) is 1. The minimum Gasteiger partial charge on any atom is -0.310 e. The summed E-state index contributed by atoms with van der Waals surface area (Å²) in [6.45, 7) is 3.10. The summed E-state index contributed by atoms with van der Waals surface area (Å²) in [5.41, 5.74) is 2.46. The molecule has 0 saturated carbocycles. The molecule has 3 nitrogen and oxygen atoms in total. The van der Waals surface area contributed by atoms with Gasteiger partial charge in [0, 0.05) is 29.3 Å². The Balaban J connectivity index is 2.17. The number of halogens is 1. The van der Waals surface area contributed by atoms with E-state index in [0.717, 1.165) is 18.7 Å². The maximum absolute atomic E-state index is 4.46. The monoisotopic (exact) mass is 355 g/mol. The van der Waals surface area contributed by atoms with Gasteiger partial charge in [-0.15, -0.1) is 0 Å². The molecule has 0 fully saturated rings. The zero-order valence-corrected chi connectivity index (χ0v) is 12.9. The van der Waals surface area contributed by atoms with E-state index in [2.05, 4.69) is 70.3 Å². The molecule has 0 saturated heterocycles. The molecule has 0 aliphatic carbocycles. The molecule has 0 bridgehead atoms. The third-order valence-electron chi connectivity index (χ3n) is 2.88. The molecule has 96 valence electrons. The van der Waals surface area contributed by atoms with E-state index in [4.69, 9.17) is 0 Å². The summed E-state index contributed by atoms with van der Waals surface area (Å²) in [5.74, 6) is 0. The van der Waals surface area contributed by atoms with Crippen molar-refractivity contribution in [1.29, 1.82) is 0 Å². The zero-order valence-electron chi connectivity index (χ0n) is 10.7. The SMILES string of the molecule is CCNC(Cc1ccn(C)n1)c1cccc(I)c1. The van der Waals surface area contributed by atoms with Crippen molar-refractivity contribution < 1.29 is 0 Å². The van der Waals surface area contributed by atoms with Crippen LogP contribution in [-0.2, 0) is 13.5 Å². The molecule has 2 rings (SSSR count). The third-order valence-corrected chi connectivity index (χ3v) is 3.55. The largest absolute Gasteiger partial charge is 0.310 e. The first-order valence-electron chi connectivity index (χ1n) is 6.16. The molecular weight excluding hydrogens is 337 g/mol. The Hall–Kier alpha value is -0.880. The second kappa shape index (κ2) is 6.33. The molecule has 0 aliphatic rings. The van der Waals surface area contributed by atoms with Gasteiger partial charge >= 0.3 is 0 Å². The molecule has 1 aromatic heterocycles. The van der Waals surface area contributed by atoms with Gasteiger partial charge in [-0.2, -0.15) is 5.10 Å². The topological polar surface area (TPSA) is 29.9 Å². The first kappa shape index (κ1) is 13.5. The molecule has 1 N–H and O–H groups in total. The van der Waals surface area contributed by atoms with Gasteiger partial charge in [-0.25, -0.2) is 0 Å². The van der Waals surface area contributed by atoms with Gasteiger partial charge in [0.2, 0.25) is 0 Å². The highest BCUT2D eigenvalue weighted by Crippen LogP contribution is 2.19. The van der Waals surface area contributed by atoms with E-state index in [1.807, 2.05) is 17.9 Å². The Labute approximate surface area is 122 Å². The highest BCUT2D eigenvalue weighted by molar-refractivity contribution is 14.1. The van der Waals surface area contributed by atoms with Crippen LogP contribution in [0, 0.1) is 3.57 Å². The molecule has 0 aliphatic heterocycles. The normalized spacial score (nSPS) is 12.6. The molecule has 18 heavy (non-hydrogen) atoms. The van der Waals surface area contributed by atoms with Crippen molar-refractivity contribution in [2.45, 2.75) is 19.4 Å². The smallest absolute Gasteiger partial charge is 0.0643 e. The van der Waals surface area contributed by atoms with E-state index in [9.17, 15) is 0 Å². The quantitative estimate of drug-likeness (QED) is 0.836. The van der Waals surface area contributed by atoms with Gasteiger partial charge in [-0.3, -0.25) is 4.68 Å². The number of aromatic nitrogens is 2. The van der Waals surface area contributed by atoms with Gasteiger partial charge in [-0.05, 0) is 52.9 Å². The lowest BCUT2D eigenvalue weighted by Crippen LogP contribution is -2.23. The van der Waals surface area contributed by atoms with Gasteiger partial charge < -0.3 is 5.32 Å². The summed E-state index contributed by atoms with van der Waals surface area (Å²) >= 11 is 2.35. The van der Waals surface area contributed by atoms with Crippen molar-refractivity contribution in [2.75, 3.05) is 6.54 Å². The van der Waals surface area contributed by atoms with Crippen molar-refractivity contribution in [2.24, 2.45) is 7.05 Å². The number of hydrogen-bond acceptors (Lipinski definition) is 2. The van der Waals surface area contributed by atoms with Crippen LogP contribution in [0.3, 0.4) is 0 Å². The molecule has 1 unspecified atom stereocenters. The van der Waals surface area contributed by atoms with E-state index in [-0.39, 0.29) is 0 Å². The van der Waals surface area contributed by atoms with Crippen molar-refractivity contribution in [3.63, 3.8) is 0 Å². The minimum absolute atomic E-state index is 0.333. The number of benzene rings is 1. The molecule has 0 spiro atoms. The van der Waals surface area contributed by atoms with E-state index in [0.29, 0.717) is 6.04 Å².